The lowest BCUT2D eigenvalue weighted by molar-refractivity contribution is 0.127. The number of aliphatic imine (C=N–C) groups is 1. The first-order valence-electron chi connectivity index (χ1n) is 6.73. The van der Waals surface area contributed by atoms with Crippen LogP contribution in [0.25, 0.3) is 0 Å². The number of rotatable bonds is 4. The highest BCUT2D eigenvalue weighted by atomic mass is 15.4. The maximum Gasteiger partial charge on any atom is 0.208 e. The molecule has 1 rings (SSSR count). The molecule has 0 aromatic carbocycles. The maximum absolute atomic E-state index is 5.56. The minimum absolute atomic E-state index is 0.568. The standard InChI is InChI=1S/C12H27N5/c1-4-6-7-14-12(15-13)17-9-8-16(5-2)11(3)10-17/h11H,4-10,13H2,1-3H3,(H,14,15). The molecule has 5 heteroatoms. The quantitative estimate of drug-likeness (QED) is 0.249. The number of nitrogens with zero attached hydrogens (tertiary/aromatic N) is 3. The second kappa shape index (κ2) is 7.50. The van der Waals surface area contributed by atoms with E-state index in [4.69, 9.17) is 5.84 Å². The van der Waals surface area contributed by atoms with Crippen LogP contribution in [0.2, 0.25) is 0 Å². The SMILES string of the molecule is CCCCN=C(NN)N1CCN(CC)C(C)C1. The number of guanidine groups is 1. The van der Waals surface area contributed by atoms with E-state index in [9.17, 15) is 0 Å². The van der Waals surface area contributed by atoms with Crippen LogP contribution in [-0.4, -0.2) is 54.5 Å². The predicted octanol–water partition coefficient (Wildman–Crippen LogP) is 0.632. The topological polar surface area (TPSA) is 56.9 Å². The van der Waals surface area contributed by atoms with E-state index in [1.807, 2.05) is 0 Å². The van der Waals surface area contributed by atoms with Crippen LogP contribution in [0.3, 0.4) is 0 Å². The average molecular weight is 241 g/mol. The van der Waals surface area contributed by atoms with Crippen molar-refractivity contribution in [2.24, 2.45) is 10.8 Å². The summed E-state index contributed by atoms with van der Waals surface area (Å²) < 4.78 is 0. The van der Waals surface area contributed by atoms with Crippen molar-refractivity contribution in [2.75, 3.05) is 32.7 Å². The molecule has 0 radical (unpaired) electrons. The Morgan fingerprint density at radius 1 is 1.41 bits per heavy atom. The van der Waals surface area contributed by atoms with Gasteiger partial charge in [-0.2, -0.15) is 0 Å². The highest BCUT2D eigenvalue weighted by molar-refractivity contribution is 5.79. The van der Waals surface area contributed by atoms with Crippen molar-refractivity contribution >= 4 is 5.96 Å². The summed E-state index contributed by atoms with van der Waals surface area (Å²) in [7, 11) is 0. The summed E-state index contributed by atoms with van der Waals surface area (Å²) in [5.41, 5.74) is 2.74. The molecule has 1 aliphatic heterocycles. The Balaban J connectivity index is 2.50. The minimum atomic E-state index is 0.568. The monoisotopic (exact) mass is 241 g/mol. The second-order valence-electron chi connectivity index (χ2n) is 4.63. The van der Waals surface area contributed by atoms with Crippen LogP contribution in [0.15, 0.2) is 4.99 Å². The third kappa shape index (κ3) is 4.16. The molecule has 5 nitrogen and oxygen atoms in total. The van der Waals surface area contributed by atoms with E-state index in [1.165, 1.54) is 6.42 Å². The fourth-order valence-corrected chi connectivity index (χ4v) is 2.24. The van der Waals surface area contributed by atoms with Gasteiger partial charge in [-0.3, -0.25) is 15.3 Å². The van der Waals surface area contributed by atoms with Gasteiger partial charge in [0.15, 0.2) is 0 Å². The molecule has 1 heterocycles. The summed E-state index contributed by atoms with van der Waals surface area (Å²) in [6, 6.07) is 0.568. The number of hydrogen-bond acceptors (Lipinski definition) is 3. The van der Waals surface area contributed by atoms with Crippen LogP contribution >= 0.6 is 0 Å². The normalized spacial score (nSPS) is 22.9. The van der Waals surface area contributed by atoms with E-state index in [1.54, 1.807) is 0 Å². The highest BCUT2D eigenvalue weighted by Crippen LogP contribution is 2.08. The van der Waals surface area contributed by atoms with E-state index >= 15 is 0 Å². The second-order valence-corrected chi connectivity index (χ2v) is 4.63. The summed E-state index contributed by atoms with van der Waals surface area (Å²) in [6.07, 6.45) is 2.29. The Kier molecular flexibility index (Phi) is 6.29. The molecule has 100 valence electrons. The van der Waals surface area contributed by atoms with E-state index in [0.29, 0.717) is 6.04 Å². The van der Waals surface area contributed by atoms with Crippen LogP contribution in [0, 0.1) is 0 Å². The average Bonchev–Trinajstić information content (AvgIpc) is 2.35. The first-order chi connectivity index (χ1) is 8.22. The van der Waals surface area contributed by atoms with Crippen LogP contribution < -0.4 is 11.3 Å². The smallest absolute Gasteiger partial charge is 0.208 e. The molecule has 0 aromatic heterocycles. The molecule has 1 saturated heterocycles. The van der Waals surface area contributed by atoms with Gasteiger partial charge in [0.05, 0.1) is 0 Å². The maximum atomic E-state index is 5.56. The molecular weight excluding hydrogens is 214 g/mol. The van der Waals surface area contributed by atoms with Crippen molar-refractivity contribution in [1.29, 1.82) is 0 Å². The fraction of sp³-hybridized carbons (Fsp3) is 0.917. The first kappa shape index (κ1) is 14.3. The number of hydrazine groups is 1. The molecule has 0 spiro atoms. The lowest BCUT2D eigenvalue weighted by Crippen LogP contribution is -2.57. The zero-order valence-corrected chi connectivity index (χ0v) is 11.4. The Bertz CT molecular complexity index is 241. The fourth-order valence-electron chi connectivity index (χ4n) is 2.24. The number of nitrogens with two attached hydrogens (primary N) is 1. The van der Waals surface area contributed by atoms with Gasteiger partial charge in [-0.1, -0.05) is 20.3 Å². The molecule has 0 saturated carbocycles. The summed E-state index contributed by atoms with van der Waals surface area (Å²) >= 11 is 0. The number of piperazine rings is 1. The van der Waals surface area contributed by atoms with Gasteiger partial charge in [0.1, 0.15) is 0 Å². The van der Waals surface area contributed by atoms with Gasteiger partial charge < -0.3 is 4.90 Å². The number of nitrogens with one attached hydrogen (secondary N) is 1. The predicted molar refractivity (Wildman–Crippen MR) is 72.8 cm³/mol. The Morgan fingerprint density at radius 3 is 2.71 bits per heavy atom. The molecule has 0 aromatic rings. The van der Waals surface area contributed by atoms with Crippen molar-refractivity contribution in [3.8, 4) is 0 Å². The minimum Gasteiger partial charge on any atom is -0.339 e. The zero-order chi connectivity index (χ0) is 12.7. The van der Waals surface area contributed by atoms with Gasteiger partial charge in [0.2, 0.25) is 5.96 Å². The molecule has 3 N–H and O–H groups in total. The molecule has 1 atom stereocenters. The number of hydrogen-bond donors (Lipinski definition) is 2. The molecule has 1 aliphatic rings. The zero-order valence-electron chi connectivity index (χ0n) is 11.4. The molecular formula is C12H27N5. The van der Waals surface area contributed by atoms with Crippen LogP contribution in [0.4, 0.5) is 0 Å². The first-order valence-corrected chi connectivity index (χ1v) is 6.73. The molecule has 17 heavy (non-hydrogen) atoms. The Hall–Kier alpha value is -0.810. The third-order valence-electron chi connectivity index (χ3n) is 3.37. The van der Waals surface area contributed by atoms with Gasteiger partial charge >= 0.3 is 0 Å². The van der Waals surface area contributed by atoms with Crippen molar-refractivity contribution < 1.29 is 0 Å². The van der Waals surface area contributed by atoms with Gasteiger partial charge in [0.25, 0.3) is 0 Å². The van der Waals surface area contributed by atoms with Crippen molar-refractivity contribution in [3.63, 3.8) is 0 Å². The highest BCUT2D eigenvalue weighted by Gasteiger charge is 2.23. The Morgan fingerprint density at radius 2 is 2.18 bits per heavy atom. The molecule has 1 unspecified atom stereocenters. The van der Waals surface area contributed by atoms with Gasteiger partial charge in [-0.15, -0.1) is 0 Å². The summed E-state index contributed by atoms with van der Waals surface area (Å²) in [5.74, 6) is 6.41. The molecule has 0 aliphatic carbocycles. The van der Waals surface area contributed by atoms with Crippen LogP contribution in [0.5, 0.6) is 0 Å². The molecule has 1 fully saturated rings. The molecule has 0 bridgehead atoms. The van der Waals surface area contributed by atoms with Crippen LogP contribution in [0.1, 0.15) is 33.6 Å². The van der Waals surface area contributed by atoms with E-state index in [2.05, 4.69) is 41.0 Å². The van der Waals surface area contributed by atoms with Gasteiger partial charge in [0, 0.05) is 32.2 Å². The Labute approximate surface area is 105 Å². The lowest BCUT2D eigenvalue weighted by Gasteiger charge is -2.40. The third-order valence-corrected chi connectivity index (χ3v) is 3.37. The van der Waals surface area contributed by atoms with Crippen molar-refractivity contribution in [3.05, 3.63) is 0 Å². The van der Waals surface area contributed by atoms with Crippen molar-refractivity contribution in [1.82, 2.24) is 15.2 Å². The largest absolute Gasteiger partial charge is 0.339 e. The van der Waals surface area contributed by atoms with Crippen molar-refractivity contribution in [2.45, 2.75) is 39.7 Å². The number of unbranched alkanes of at least 4 members (excludes halogenated alkanes) is 1. The number of likely N-dealkylation sites (N-methyl/N-ethyl adjacent to an activating group) is 1. The lowest BCUT2D eigenvalue weighted by atomic mass is 10.2. The van der Waals surface area contributed by atoms with Crippen LogP contribution in [-0.2, 0) is 0 Å². The summed E-state index contributed by atoms with van der Waals surface area (Å²) in [5, 5.41) is 0. The van der Waals surface area contributed by atoms with E-state index in [-0.39, 0.29) is 0 Å². The van der Waals surface area contributed by atoms with Gasteiger partial charge in [-0.25, -0.2) is 5.84 Å². The van der Waals surface area contributed by atoms with E-state index < -0.39 is 0 Å². The summed E-state index contributed by atoms with van der Waals surface area (Å²) in [6.45, 7) is 11.7. The van der Waals surface area contributed by atoms with E-state index in [0.717, 1.165) is 45.1 Å². The summed E-state index contributed by atoms with van der Waals surface area (Å²) in [4.78, 5) is 9.27. The molecule has 0 amide bonds. The van der Waals surface area contributed by atoms with Gasteiger partial charge in [-0.05, 0) is 19.9 Å².